The van der Waals surface area contributed by atoms with Gasteiger partial charge in [0.05, 0.1) is 12.5 Å². The molecule has 0 bridgehead atoms. The lowest BCUT2D eigenvalue weighted by molar-refractivity contribution is 0.296. The summed E-state index contributed by atoms with van der Waals surface area (Å²) < 4.78 is 15.0. The number of hydrogen-bond donors (Lipinski definition) is 0. The molecule has 0 radical (unpaired) electrons. The van der Waals surface area contributed by atoms with Crippen molar-refractivity contribution in [3.8, 4) is 17.2 Å². The molecule has 0 aliphatic heterocycles. The van der Waals surface area contributed by atoms with E-state index in [0.717, 1.165) is 45.1 Å². The summed E-state index contributed by atoms with van der Waals surface area (Å²) in [4.78, 5) is 9.44. The molecule has 0 saturated heterocycles. The first kappa shape index (κ1) is 18.2. The number of nitrogens with zero attached hydrogens (tertiary/aromatic N) is 5. The van der Waals surface area contributed by atoms with Crippen molar-refractivity contribution in [3.63, 3.8) is 0 Å². The van der Waals surface area contributed by atoms with Crippen LogP contribution in [0.2, 0.25) is 0 Å². The average Bonchev–Trinajstić information content (AvgIpc) is 3.31. The van der Waals surface area contributed by atoms with Crippen LogP contribution in [0.15, 0.2) is 60.9 Å². The first-order valence-electron chi connectivity index (χ1n) is 9.70. The lowest BCUT2D eigenvalue weighted by Gasteiger charge is -2.08. The molecule has 3 aromatic heterocycles. The van der Waals surface area contributed by atoms with Gasteiger partial charge in [0.1, 0.15) is 24.4 Å². The van der Waals surface area contributed by atoms with E-state index in [-0.39, 0.29) is 0 Å². The number of rotatable bonds is 5. The third kappa shape index (κ3) is 2.95. The van der Waals surface area contributed by atoms with Crippen LogP contribution in [0, 0.1) is 13.8 Å². The van der Waals surface area contributed by atoms with Crippen molar-refractivity contribution in [1.82, 2.24) is 24.1 Å². The van der Waals surface area contributed by atoms with Gasteiger partial charge < -0.3 is 9.47 Å². The molecule has 0 saturated carbocycles. The maximum absolute atomic E-state index is 5.81. The van der Waals surface area contributed by atoms with E-state index in [9.17, 15) is 0 Å². The second-order valence-electron chi connectivity index (χ2n) is 7.08. The first-order valence-corrected chi connectivity index (χ1v) is 9.70. The maximum Gasteiger partial charge on any atom is 0.189 e. The van der Waals surface area contributed by atoms with Gasteiger partial charge in [-0.05, 0) is 55.8 Å². The summed E-state index contributed by atoms with van der Waals surface area (Å²) in [6, 6.07) is 17.6. The van der Waals surface area contributed by atoms with Gasteiger partial charge in [0.15, 0.2) is 17.1 Å². The van der Waals surface area contributed by atoms with Gasteiger partial charge >= 0.3 is 0 Å². The minimum absolute atomic E-state index is 0.296. The molecular formula is C23H21N5O2. The van der Waals surface area contributed by atoms with Crippen LogP contribution in [0.25, 0.3) is 22.4 Å². The second-order valence-corrected chi connectivity index (χ2v) is 7.08. The van der Waals surface area contributed by atoms with E-state index in [2.05, 4.69) is 23.5 Å². The van der Waals surface area contributed by atoms with Gasteiger partial charge in [-0.3, -0.25) is 4.57 Å². The predicted octanol–water partition coefficient (Wildman–Crippen LogP) is 4.27. The number of methoxy groups -OCH3 is 1. The molecule has 0 aliphatic rings. The Morgan fingerprint density at radius 1 is 0.900 bits per heavy atom. The zero-order chi connectivity index (χ0) is 20.7. The minimum atomic E-state index is 0.296. The molecule has 0 aliphatic carbocycles. The molecule has 0 atom stereocenters. The summed E-state index contributed by atoms with van der Waals surface area (Å²) in [6.45, 7) is 4.48. The van der Waals surface area contributed by atoms with E-state index in [0.29, 0.717) is 12.4 Å². The molecule has 0 N–H and O–H groups in total. The quantitative estimate of drug-likeness (QED) is 0.441. The van der Waals surface area contributed by atoms with Crippen LogP contribution in [0.1, 0.15) is 17.1 Å². The van der Waals surface area contributed by atoms with Crippen LogP contribution < -0.4 is 9.47 Å². The number of aryl methyl sites for hydroxylation is 1. The Kier molecular flexibility index (Phi) is 4.35. The van der Waals surface area contributed by atoms with Crippen molar-refractivity contribution < 1.29 is 9.47 Å². The molecule has 5 rings (SSSR count). The highest BCUT2D eigenvalue weighted by atomic mass is 16.5. The van der Waals surface area contributed by atoms with Gasteiger partial charge in [-0.15, -0.1) is 5.10 Å². The molecule has 0 spiro atoms. The lowest BCUT2D eigenvalue weighted by atomic mass is 10.2. The maximum atomic E-state index is 5.81. The van der Waals surface area contributed by atoms with Gasteiger partial charge in [-0.25, -0.2) is 14.5 Å². The Labute approximate surface area is 173 Å². The SMILES string of the molecule is COc1ccc(-n2c(C)c(C)c3c2ncn2nc(COc4ccccc4)nc32)cc1. The van der Waals surface area contributed by atoms with Gasteiger partial charge in [0, 0.05) is 11.4 Å². The molecular weight excluding hydrogens is 378 g/mol. The third-order valence-corrected chi connectivity index (χ3v) is 5.32. The van der Waals surface area contributed by atoms with E-state index in [1.807, 2.05) is 54.6 Å². The lowest BCUT2D eigenvalue weighted by Crippen LogP contribution is -1.99. The highest BCUT2D eigenvalue weighted by Crippen LogP contribution is 2.30. The highest BCUT2D eigenvalue weighted by molar-refractivity contribution is 5.94. The summed E-state index contributed by atoms with van der Waals surface area (Å²) >= 11 is 0. The molecule has 7 heteroatoms. The number of para-hydroxylation sites is 1. The highest BCUT2D eigenvalue weighted by Gasteiger charge is 2.19. The average molecular weight is 399 g/mol. The number of aromatic nitrogens is 5. The van der Waals surface area contributed by atoms with Crippen molar-refractivity contribution in [2.45, 2.75) is 20.5 Å². The summed E-state index contributed by atoms with van der Waals surface area (Å²) in [5.41, 5.74) is 4.89. The van der Waals surface area contributed by atoms with E-state index >= 15 is 0 Å². The fourth-order valence-corrected chi connectivity index (χ4v) is 3.68. The number of fused-ring (bicyclic) bond motifs is 3. The van der Waals surface area contributed by atoms with Crippen LogP contribution in [0.5, 0.6) is 11.5 Å². The van der Waals surface area contributed by atoms with E-state index < -0.39 is 0 Å². The number of hydrogen-bond acceptors (Lipinski definition) is 5. The van der Waals surface area contributed by atoms with E-state index in [1.165, 1.54) is 0 Å². The normalized spacial score (nSPS) is 11.3. The van der Waals surface area contributed by atoms with Crippen LogP contribution in [-0.2, 0) is 6.61 Å². The van der Waals surface area contributed by atoms with Crippen LogP contribution >= 0.6 is 0 Å². The Bertz CT molecular complexity index is 1340. The monoisotopic (exact) mass is 399 g/mol. The minimum Gasteiger partial charge on any atom is -0.497 e. The Balaban J connectivity index is 1.58. The Morgan fingerprint density at radius 3 is 2.40 bits per heavy atom. The molecule has 2 aromatic carbocycles. The topological polar surface area (TPSA) is 66.5 Å². The fourth-order valence-electron chi connectivity index (χ4n) is 3.68. The van der Waals surface area contributed by atoms with Crippen LogP contribution in [-0.4, -0.2) is 31.3 Å². The third-order valence-electron chi connectivity index (χ3n) is 5.32. The molecule has 7 nitrogen and oxygen atoms in total. The van der Waals surface area contributed by atoms with E-state index in [1.54, 1.807) is 18.0 Å². The zero-order valence-corrected chi connectivity index (χ0v) is 17.0. The zero-order valence-electron chi connectivity index (χ0n) is 17.0. The van der Waals surface area contributed by atoms with Crippen molar-refractivity contribution in [2.24, 2.45) is 0 Å². The largest absolute Gasteiger partial charge is 0.497 e. The summed E-state index contributed by atoms with van der Waals surface area (Å²) in [5, 5.41) is 5.54. The molecule has 0 amide bonds. The van der Waals surface area contributed by atoms with Gasteiger partial charge in [-0.1, -0.05) is 18.2 Å². The standard InChI is InChI=1S/C23H21N5O2/c1-15-16(2)28(17-9-11-18(29-3)12-10-17)22-21(15)23-25-20(26-27(23)14-24-22)13-30-19-7-5-4-6-8-19/h4-12,14H,13H2,1-3H3. The van der Waals surface area contributed by atoms with Crippen molar-refractivity contribution in [1.29, 1.82) is 0 Å². The number of ether oxygens (including phenoxy) is 2. The Morgan fingerprint density at radius 2 is 1.67 bits per heavy atom. The summed E-state index contributed by atoms with van der Waals surface area (Å²) in [5.74, 6) is 2.22. The molecule has 0 fully saturated rings. The molecule has 150 valence electrons. The van der Waals surface area contributed by atoms with Crippen molar-refractivity contribution in [3.05, 3.63) is 78.0 Å². The van der Waals surface area contributed by atoms with E-state index in [4.69, 9.17) is 19.4 Å². The molecule has 5 aromatic rings. The molecule has 0 unspecified atom stereocenters. The predicted molar refractivity (Wildman–Crippen MR) is 114 cm³/mol. The smallest absolute Gasteiger partial charge is 0.189 e. The number of benzene rings is 2. The van der Waals surface area contributed by atoms with Gasteiger partial charge in [-0.2, -0.15) is 0 Å². The van der Waals surface area contributed by atoms with Crippen molar-refractivity contribution in [2.75, 3.05) is 7.11 Å². The van der Waals surface area contributed by atoms with Gasteiger partial charge in [0.25, 0.3) is 0 Å². The summed E-state index contributed by atoms with van der Waals surface area (Å²) in [6.07, 6.45) is 1.70. The van der Waals surface area contributed by atoms with Crippen LogP contribution in [0.4, 0.5) is 0 Å². The van der Waals surface area contributed by atoms with Gasteiger partial charge in [0.2, 0.25) is 0 Å². The molecule has 30 heavy (non-hydrogen) atoms. The first-order chi connectivity index (χ1) is 14.7. The van der Waals surface area contributed by atoms with Crippen LogP contribution in [0.3, 0.4) is 0 Å². The Hall–Kier alpha value is -3.87. The molecule has 3 heterocycles. The fraction of sp³-hybridized carbons (Fsp3) is 0.174. The van der Waals surface area contributed by atoms with Crippen molar-refractivity contribution >= 4 is 16.7 Å². The second kappa shape index (κ2) is 7.18. The summed E-state index contributed by atoms with van der Waals surface area (Å²) in [7, 11) is 1.66.